The Labute approximate surface area is 93.6 Å². The van der Waals surface area contributed by atoms with Crippen molar-refractivity contribution in [3.8, 4) is 0 Å². The van der Waals surface area contributed by atoms with Crippen LogP contribution in [-0.4, -0.2) is 16.7 Å². The number of fused-ring (bicyclic) bond motifs is 1. The van der Waals surface area contributed by atoms with Gasteiger partial charge in [-0.05, 0) is 6.07 Å². The van der Waals surface area contributed by atoms with Gasteiger partial charge >= 0.3 is 0 Å². The van der Waals surface area contributed by atoms with Crippen molar-refractivity contribution >= 4 is 23.0 Å². The van der Waals surface area contributed by atoms with Crippen LogP contribution in [0.1, 0.15) is 12.5 Å². The van der Waals surface area contributed by atoms with E-state index in [1.807, 2.05) is 42.1 Å². The molecule has 0 radical (unpaired) electrons. The van der Waals surface area contributed by atoms with E-state index in [2.05, 4.69) is 10.5 Å². The Morgan fingerprint density at radius 1 is 1.44 bits per heavy atom. The lowest BCUT2D eigenvalue weighted by Crippen LogP contribution is -2.12. The van der Waals surface area contributed by atoms with Gasteiger partial charge in [-0.3, -0.25) is 4.79 Å². The molecule has 1 aromatic carbocycles. The lowest BCUT2D eigenvalue weighted by atomic mass is 10.2. The molecule has 0 spiro atoms. The van der Waals surface area contributed by atoms with E-state index >= 15 is 0 Å². The van der Waals surface area contributed by atoms with Crippen molar-refractivity contribution in [2.45, 2.75) is 6.92 Å². The van der Waals surface area contributed by atoms with Crippen LogP contribution in [0.2, 0.25) is 0 Å². The zero-order valence-corrected chi connectivity index (χ0v) is 9.27. The number of benzene rings is 1. The fourth-order valence-electron chi connectivity index (χ4n) is 1.67. The number of aryl methyl sites for hydroxylation is 1. The quantitative estimate of drug-likeness (QED) is 0.601. The molecule has 0 aliphatic carbocycles. The number of carbonyl (C=O) groups is 1. The predicted molar refractivity (Wildman–Crippen MR) is 64.3 cm³/mol. The second-order valence-electron chi connectivity index (χ2n) is 3.64. The molecule has 0 aliphatic rings. The van der Waals surface area contributed by atoms with Gasteiger partial charge in [0.2, 0.25) is 5.91 Å². The average molecular weight is 215 g/mol. The molecule has 0 aliphatic heterocycles. The summed E-state index contributed by atoms with van der Waals surface area (Å²) in [5.74, 6) is -0.170. The van der Waals surface area contributed by atoms with Crippen molar-refractivity contribution in [2.24, 2.45) is 12.1 Å². The number of hydrogen-bond acceptors (Lipinski definition) is 2. The van der Waals surface area contributed by atoms with E-state index in [9.17, 15) is 4.79 Å². The highest BCUT2D eigenvalue weighted by atomic mass is 16.2. The summed E-state index contributed by atoms with van der Waals surface area (Å²) in [6.45, 7) is 1.43. The van der Waals surface area contributed by atoms with E-state index in [1.165, 1.54) is 6.92 Å². The summed E-state index contributed by atoms with van der Waals surface area (Å²) >= 11 is 0. The minimum absolute atomic E-state index is 0.170. The number of aromatic nitrogens is 1. The molecule has 0 bridgehead atoms. The third-order valence-electron chi connectivity index (χ3n) is 2.35. The minimum Gasteiger partial charge on any atom is -0.350 e. The molecule has 1 N–H and O–H groups in total. The molecule has 82 valence electrons. The van der Waals surface area contributed by atoms with Crippen molar-refractivity contribution in [2.75, 3.05) is 0 Å². The molecule has 0 fully saturated rings. The van der Waals surface area contributed by atoms with Gasteiger partial charge in [0, 0.05) is 36.6 Å². The van der Waals surface area contributed by atoms with Gasteiger partial charge in [0.05, 0.1) is 6.21 Å². The molecule has 0 unspecified atom stereocenters. The zero-order valence-electron chi connectivity index (χ0n) is 9.27. The summed E-state index contributed by atoms with van der Waals surface area (Å²) in [5, 5.41) is 4.99. The standard InChI is InChI=1S/C12H13N3O/c1-9(16)14-13-7-10-8-15(2)12-6-4-3-5-11(10)12/h3-8H,1-2H3,(H,14,16). The van der Waals surface area contributed by atoms with Crippen LogP contribution < -0.4 is 5.43 Å². The Morgan fingerprint density at radius 3 is 2.94 bits per heavy atom. The summed E-state index contributed by atoms with van der Waals surface area (Å²) in [6, 6.07) is 8.06. The first-order valence-corrected chi connectivity index (χ1v) is 5.02. The molecule has 2 aromatic rings. The van der Waals surface area contributed by atoms with E-state index in [-0.39, 0.29) is 5.91 Å². The summed E-state index contributed by atoms with van der Waals surface area (Å²) in [4.78, 5) is 10.7. The van der Waals surface area contributed by atoms with Gasteiger partial charge in [-0.2, -0.15) is 5.10 Å². The Kier molecular flexibility index (Phi) is 2.72. The summed E-state index contributed by atoms with van der Waals surface area (Å²) in [7, 11) is 1.98. The maximum absolute atomic E-state index is 10.7. The Balaban J connectivity index is 2.38. The molecular formula is C12H13N3O. The van der Waals surface area contributed by atoms with Crippen molar-refractivity contribution in [3.63, 3.8) is 0 Å². The van der Waals surface area contributed by atoms with Crippen molar-refractivity contribution in [1.29, 1.82) is 0 Å². The predicted octanol–water partition coefficient (Wildman–Crippen LogP) is 1.65. The fourth-order valence-corrected chi connectivity index (χ4v) is 1.67. The van der Waals surface area contributed by atoms with Gasteiger partial charge in [0.1, 0.15) is 0 Å². The summed E-state index contributed by atoms with van der Waals surface area (Å²) in [5.41, 5.74) is 4.53. The topological polar surface area (TPSA) is 46.4 Å². The van der Waals surface area contributed by atoms with Gasteiger partial charge in [0.15, 0.2) is 0 Å². The number of hydrazone groups is 1. The van der Waals surface area contributed by atoms with Crippen molar-refractivity contribution < 1.29 is 4.79 Å². The smallest absolute Gasteiger partial charge is 0.236 e. The van der Waals surface area contributed by atoms with Crippen molar-refractivity contribution in [1.82, 2.24) is 9.99 Å². The first-order chi connectivity index (χ1) is 7.68. The molecule has 0 saturated heterocycles. The number of rotatable bonds is 2. The Hall–Kier alpha value is -2.10. The summed E-state index contributed by atoms with van der Waals surface area (Å²) in [6.07, 6.45) is 3.64. The van der Waals surface area contributed by atoms with E-state index < -0.39 is 0 Å². The van der Waals surface area contributed by atoms with Crippen LogP contribution in [0.4, 0.5) is 0 Å². The fraction of sp³-hybridized carbons (Fsp3) is 0.167. The number of para-hydroxylation sites is 1. The highest BCUT2D eigenvalue weighted by Crippen LogP contribution is 2.18. The van der Waals surface area contributed by atoms with Crippen LogP contribution in [0.3, 0.4) is 0 Å². The number of hydrogen-bond donors (Lipinski definition) is 1. The zero-order chi connectivity index (χ0) is 11.5. The normalized spacial score (nSPS) is 11.1. The molecule has 1 heterocycles. The van der Waals surface area contributed by atoms with Gasteiger partial charge in [-0.15, -0.1) is 0 Å². The van der Waals surface area contributed by atoms with E-state index in [0.29, 0.717) is 0 Å². The number of amides is 1. The van der Waals surface area contributed by atoms with Crippen LogP contribution in [0.5, 0.6) is 0 Å². The average Bonchev–Trinajstić information content (AvgIpc) is 2.57. The first kappa shape index (κ1) is 10.4. The van der Waals surface area contributed by atoms with Crippen LogP contribution in [0.15, 0.2) is 35.6 Å². The van der Waals surface area contributed by atoms with E-state index in [4.69, 9.17) is 0 Å². The third kappa shape index (κ3) is 1.95. The van der Waals surface area contributed by atoms with Crippen LogP contribution >= 0.6 is 0 Å². The highest BCUT2D eigenvalue weighted by molar-refractivity contribution is 5.99. The lowest BCUT2D eigenvalue weighted by molar-refractivity contribution is -0.118. The van der Waals surface area contributed by atoms with Crippen LogP contribution in [-0.2, 0) is 11.8 Å². The Morgan fingerprint density at radius 2 is 2.19 bits per heavy atom. The second kappa shape index (κ2) is 4.18. The lowest BCUT2D eigenvalue weighted by Gasteiger charge is -1.93. The second-order valence-corrected chi connectivity index (χ2v) is 3.64. The Bertz CT molecular complexity index is 554. The molecular weight excluding hydrogens is 202 g/mol. The number of nitrogens with one attached hydrogen (secondary N) is 1. The highest BCUT2D eigenvalue weighted by Gasteiger charge is 2.02. The van der Waals surface area contributed by atoms with Crippen LogP contribution in [0, 0.1) is 0 Å². The van der Waals surface area contributed by atoms with Gasteiger partial charge in [0.25, 0.3) is 0 Å². The molecule has 16 heavy (non-hydrogen) atoms. The van der Waals surface area contributed by atoms with Crippen molar-refractivity contribution in [3.05, 3.63) is 36.0 Å². The van der Waals surface area contributed by atoms with Gasteiger partial charge in [-0.1, -0.05) is 18.2 Å². The maximum atomic E-state index is 10.7. The number of nitrogens with zero attached hydrogens (tertiary/aromatic N) is 2. The molecule has 4 heteroatoms. The van der Waals surface area contributed by atoms with E-state index in [1.54, 1.807) is 6.21 Å². The monoisotopic (exact) mass is 215 g/mol. The molecule has 0 saturated carbocycles. The SMILES string of the molecule is CC(=O)NN=Cc1cn(C)c2ccccc12. The third-order valence-corrected chi connectivity index (χ3v) is 2.35. The van der Waals surface area contributed by atoms with Gasteiger partial charge < -0.3 is 4.57 Å². The minimum atomic E-state index is -0.170. The molecule has 4 nitrogen and oxygen atoms in total. The molecule has 2 rings (SSSR count). The molecule has 0 atom stereocenters. The largest absolute Gasteiger partial charge is 0.350 e. The molecule has 1 aromatic heterocycles. The van der Waals surface area contributed by atoms with Gasteiger partial charge in [-0.25, -0.2) is 5.43 Å². The van der Waals surface area contributed by atoms with Crippen LogP contribution in [0.25, 0.3) is 10.9 Å². The maximum Gasteiger partial charge on any atom is 0.236 e. The number of carbonyl (C=O) groups excluding carboxylic acids is 1. The first-order valence-electron chi connectivity index (χ1n) is 5.02. The molecule has 1 amide bonds. The summed E-state index contributed by atoms with van der Waals surface area (Å²) < 4.78 is 2.03. The van der Waals surface area contributed by atoms with E-state index in [0.717, 1.165) is 16.5 Å².